The van der Waals surface area contributed by atoms with Crippen molar-refractivity contribution in [3.05, 3.63) is 89.0 Å². The van der Waals surface area contributed by atoms with Crippen molar-refractivity contribution in [1.82, 2.24) is 0 Å². The molecular weight excluding hydrogens is 392 g/mol. The third-order valence-electron chi connectivity index (χ3n) is 3.84. The van der Waals surface area contributed by atoms with E-state index < -0.39 is 23.6 Å². The van der Waals surface area contributed by atoms with Crippen molar-refractivity contribution in [2.24, 2.45) is 0 Å². The second-order valence-electron chi connectivity index (χ2n) is 5.79. The minimum Gasteiger partial charge on any atom is -0.457 e. The van der Waals surface area contributed by atoms with Crippen molar-refractivity contribution >= 4 is 18.0 Å². The van der Waals surface area contributed by atoms with Gasteiger partial charge in [-0.1, -0.05) is 30.3 Å². The molecule has 0 radical (unpaired) electrons. The van der Waals surface area contributed by atoms with Crippen LogP contribution in [0.5, 0.6) is 11.5 Å². The van der Waals surface area contributed by atoms with Gasteiger partial charge in [-0.3, -0.25) is 4.79 Å². The molecule has 7 heteroatoms. The van der Waals surface area contributed by atoms with Gasteiger partial charge in [0.05, 0.1) is 5.56 Å². The molecule has 3 aromatic carbocycles. The summed E-state index contributed by atoms with van der Waals surface area (Å²) in [5.41, 5.74) is 0.154. The average molecular weight is 406 g/mol. The van der Waals surface area contributed by atoms with E-state index in [1.165, 1.54) is 23.9 Å². The van der Waals surface area contributed by atoms with Gasteiger partial charge in [0.1, 0.15) is 23.1 Å². The molecule has 2 nitrogen and oxygen atoms in total. The van der Waals surface area contributed by atoms with Gasteiger partial charge in [-0.05, 0) is 17.7 Å². The fraction of sp³-hybridized carbons (Fsp3) is 0.0952. The molecule has 0 saturated carbocycles. The van der Waals surface area contributed by atoms with Crippen molar-refractivity contribution in [3.8, 4) is 11.5 Å². The van der Waals surface area contributed by atoms with Gasteiger partial charge in [-0.2, -0.15) is 0 Å². The van der Waals surface area contributed by atoms with Crippen LogP contribution >= 0.6 is 11.8 Å². The van der Waals surface area contributed by atoms with Crippen molar-refractivity contribution in [2.45, 2.75) is 17.1 Å². The highest BCUT2D eigenvalue weighted by Crippen LogP contribution is 2.39. The van der Waals surface area contributed by atoms with Gasteiger partial charge >= 0.3 is 0 Å². The Hall–Kier alpha value is -2.80. The molecule has 0 spiro atoms. The molecule has 0 aliphatic rings. The summed E-state index contributed by atoms with van der Waals surface area (Å²) < 4.78 is 59.3. The van der Waals surface area contributed by atoms with Crippen LogP contribution in [-0.2, 0) is 5.75 Å². The van der Waals surface area contributed by atoms with Crippen LogP contribution < -0.4 is 4.74 Å². The molecule has 0 bridgehead atoms. The molecule has 3 rings (SSSR count). The lowest BCUT2D eigenvalue weighted by Gasteiger charge is -2.15. The van der Waals surface area contributed by atoms with E-state index in [4.69, 9.17) is 4.74 Å². The number of benzene rings is 3. The normalized spacial score (nSPS) is 10.9. The Labute approximate surface area is 163 Å². The van der Waals surface area contributed by atoms with E-state index in [1.54, 1.807) is 0 Å². The van der Waals surface area contributed by atoms with Gasteiger partial charge in [-0.25, -0.2) is 17.6 Å². The minimum atomic E-state index is -3.01. The van der Waals surface area contributed by atoms with Crippen molar-refractivity contribution in [3.63, 3.8) is 0 Å². The van der Waals surface area contributed by atoms with Crippen molar-refractivity contribution in [2.75, 3.05) is 0 Å². The Morgan fingerprint density at radius 1 is 0.964 bits per heavy atom. The second-order valence-corrected chi connectivity index (χ2v) is 6.81. The van der Waals surface area contributed by atoms with Crippen molar-refractivity contribution < 1.29 is 27.1 Å². The first-order valence-electron chi connectivity index (χ1n) is 8.19. The zero-order valence-electron chi connectivity index (χ0n) is 14.4. The Kier molecular flexibility index (Phi) is 6.36. The summed E-state index contributed by atoms with van der Waals surface area (Å²) in [4.78, 5) is 11.9. The van der Waals surface area contributed by atoms with Crippen LogP contribution in [-0.4, -0.2) is 6.29 Å². The number of carbonyl (C=O) groups is 1. The first-order chi connectivity index (χ1) is 13.5. The van der Waals surface area contributed by atoms with Crippen LogP contribution in [0.1, 0.15) is 27.9 Å². The maximum Gasteiger partial charge on any atom is 0.268 e. The Balaban J connectivity index is 1.94. The smallest absolute Gasteiger partial charge is 0.268 e. The Morgan fingerprint density at radius 2 is 1.64 bits per heavy atom. The van der Waals surface area contributed by atoms with E-state index in [1.807, 2.05) is 30.3 Å². The van der Waals surface area contributed by atoms with Crippen LogP contribution in [0.2, 0.25) is 0 Å². The monoisotopic (exact) mass is 406 g/mol. The summed E-state index contributed by atoms with van der Waals surface area (Å²) >= 11 is 1.24. The molecule has 0 aromatic heterocycles. The number of thioether (sulfide) groups is 1. The van der Waals surface area contributed by atoms with E-state index in [0.29, 0.717) is 23.0 Å². The third kappa shape index (κ3) is 4.72. The number of hydrogen-bond acceptors (Lipinski definition) is 3. The number of aldehydes is 1. The molecule has 0 heterocycles. The van der Waals surface area contributed by atoms with Gasteiger partial charge in [0.25, 0.3) is 6.43 Å². The van der Waals surface area contributed by atoms with Crippen LogP contribution in [0.4, 0.5) is 17.6 Å². The molecule has 3 aromatic rings. The quantitative estimate of drug-likeness (QED) is 0.245. The highest BCUT2D eigenvalue weighted by Gasteiger charge is 2.23. The molecule has 0 atom stereocenters. The maximum absolute atomic E-state index is 13.7. The van der Waals surface area contributed by atoms with Crippen LogP contribution in [0.15, 0.2) is 65.6 Å². The number of halogens is 4. The molecule has 0 saturated heterocycles. The predicted molar refractivity (Wildman–Crippen MR) is 99.2 cm³/mol. The summed E-state index contributed by atoms with van der Waals surface area (Å²) in [6.07, 6.45) is -2.67. The highest BCUT2D eigenvalue weighted by atomic mass is 32.2. The SMILES string of the molecule is O=Cc1c(SCc2ccccc2)ccc(Oc2cc(F)cc(F)c2)c1C(F)F. The number of carbonyl (C=O) groups excluding carboxylic acids is 1. The van der Waals surface area contributed by atoms with Gasteiger partial charge < -0.3 is 4.74 Å². The number of hydrogen-bond donors (Lipinski definition) is 0. The summed E-state index contributed by atoms with van der Waals surface area (Å²) in [6.45, 7) is 0. The molecule has 28 heavy (non-hydrogen) atoms. The maximum atomic E-state index is 13.7. The fourth-order valence-corrected chi connectivity index (χ4v) is 3.60. The first-order valence-corrected chi connectivity index (χ1v) is 9.17. The van der Waals surface area contributed by atoms with Crippen molar-refractivity contribution in [1.29, 1.82) is 0 Å². The van der Waals surface area contributed by atoms with Crippen LogP contribution in [0.3, 0.4) is 0 Å². The second kappa shape index (κ2) is 8.93. The van der Waals surface area contributed by atoms with E-state index >= 15 is 0 Å². The average Bonchev–Trinajstić information content (AvgIpc) is 2.66. The van der Waals surface area contributed by atoms with E-state index in [9.17, 15) is 22.4 Å². The molecule has 0 aliphatic heterocycles. The van der Waals surface area contributed by atoms with Crippen LogP contribution in [0, 0.1) is 11.6 Å². The molecule has 0 N–H and O–H groups in total. The minimum absolute atomic E-state index is 0.203. The molecular formula is C21H14F4O2S. The zero-order chi connectivity index (χ0) is 20.1. The summed E-state index contributed by atoms with van der Waals surface area (Å²) in [5, 5.41) is 0. The number of ether oxygens (including phenoxy) is 1. The van der Waals surface area contributed by atoms with E-state index in [0.717, 1.165) is 17.7 Å². The fourth-order valence-electron chi connectivity index (χ4n) is 2.61. The lowest BCUT2D eigenvalue weighted by atomic mass is 10.1. The largest absolute Gasteiger partial charge is 0.457 e. The van der Waals surface area contributed by atoms with Gasteiger partial charge in [0, 0.05) is 34.4 Å². The van der Waals surface area contributed by atoms with E-state index in [2.05, 4.69) is 0 Å². The summed E-state index contributed by atoms with van der Waals surface area (Å²) in [6, 6.07) is 14.5. The van der Waals surface area contributed by atoms with Gasteiger partial charge in [-0.15, -0.1) is 11.8 Å². The molecule has 0 amide bonds. The lowest BCUT2D eigenvalue weighted by molar-refractivity contribution is 0.110. The molecule has 0 fully saturated rings. The molecule has 0 unspecified atom stereocenters. The standard InChI is InChI=1S/C21H14F4O2S/c22-14-8-15(23)10-16(9-14)27-18-6-7-19(17(11-26)20(18)21(24)25)28-12-13-4-2-1-3-5-13/h1-11,21H,12H2. The van der Waals surface area contributed by atoms with E-state index in [-0.39, 0.29) is 17.1 Å². The number of alkyl halides is 2. The highest BCUT2D eigenvalue weighted by molar-refractivity contribution is 7.98. The topological polar surface area (TPSA) is 26.3 Å². The Morgan fingerprint density at radius 3 is 2.25 bits per heavy atom. The summed E-state index contributed by atoms with van der Waals surface area (Å²) in [5.74, 6) is -1.93. The zero-order valence-corrected chi connectivity index (χ0v) is 15.2. The lowest BCUT2D eigenvalue weighted by Crippen LogP contribution is -2.01. The molecule has 0 aliphatic carbocycles. The van der Waals surface area contributed by atoms with Crippen LogP contribution in [0.25, 0.3) is 0 Å². The Bertz CT molecular complexity index is 957. The van der Waals surface area contributed by atoms with Gasteiger partial charge in [0.15, 0.2) is 6.29 Å². The molecule has 144 valence electrons. The predicted octanol–water partition coefficient (Wildman–Crippen LogP) is 6.80. The first kappa shape index (κ1) is 19.9. The summed E-state index contributed by atoms with van der Waals surface area (Å²) in [7, 11) is 0. The third-order valence-corrected chi connectivity index (χ3v) is 4.99. The van der Waals surface area contributed by atoms with Gasteiger partial charge in [0.2, 0.25) is 0 Å². The number of rotatable bonds is 7.